The van der Waals surface area contributed by atoms with Crippen LogP contribution in [-0.4, -0.2) is 26.0 Å². The molecular weight excluding hydrogens is 282 g/mol. The fraction of sp³-hybridized carbons (Fsp3) is 0.647. The van der Waals surface area contributed by atoms with Gasteiger partial charge >= 0.3 is 0 Å². The van der Waals surface area contributed by atoms with Crippen LogP contribution in [0.25, 0.3) is 0 Å². The Morgan fingerprint density at radius 3 is 2.29 bits per heavy atom. The maximum atomic E-state index is 12.0. The predicted molar refractivity (Wildman–Crippen MR) is 88.0 cm³/mol. The van der Waals surface area contributed by atoms with E-state index in [0.717, 1.165) is 19.3 Å². The molecule has 21 heavy (non-hydrogen) atoms. The van der Waals surface area contributed by atoms with Crippen LogP contribution in [-0.2, 0) is 9.84 Å². The van der Waals surface area contributed by atoms with Crippen LogP contribution >= 0.6 is 0 Å². The summed E-state index contributed by atoms with van der Waals surface area (Å²) in [7, 11) is -2.99. The van der Waals surface area contributed by atoms with Crippen molar-refractivity contribution in [1.82, 2.24) is 5.32 Å². The highest BCUT2D eigenvalue weighted by atomic mass is 32.2. The van der Waals surface area contributed by atoms with E-state index in [0.29, 0.717) is 0 Å². The average molecular weight is 309 g/mol. The Hall–Kier alpha value is -0.870. The van der Waals surface area contributed by atoms with Crippen LogP contribution in [0.3, 0.4) is 0 Å². The lowest BCUT2D eigenvalue weighted by Gasteiger charge is -2.36. The van der Waals surface area contributed by atoms with E-state index in [-0.39, 0.29) is 22.7 Å². The van der Waals surface area contributed by atoms with Crippen molar-refractivity contribution in [3.05, 3.63) is 35.9 Å². The molecule has 3 nitrogen and oxygen atoms in total. The molecule has 4 heteroatoms. The molecule has 1 N–H and O–H groups in total. The number of benzene rings is 1. The van der Waals surface area contributed by atoms with Crippen molar-refractivity contribution >= 4 is 9.84 Å². The molecule has 0 aliphatic heterocycles. The summed E-state index contributed by atoms with van der Waals surface area (Å²) in [5.41, 5.74) is 1.26. The maximum absolute atomic E-state index is 12.0. The number of sulfone groups is 1. The van der Waals surface area contributed by atoms with Gasteiger partial charge in [0.2, 0.25) is 0 Å². The minimum Gasteiger partial charge on any atom is -0.305 e. The van der Waals surface area contributed by atoms with Gasteiger partial charge in [-0.15, -0.1) is 0 Å². The van der Waals surface area contributed by atoms with Crippen molar-refractivity contribution in [1.29, 1.82) is 0 Å². The third kappa shape index (κ3) is 4.07. The van der Waals surface area contributed by atoms with Gasteiger partial charge in [-0.3, -0.25) is 0 Å². The molecule has 118 valence electrons. The highest BCUT2D eigenvalue weighted by Crippen LogP contribution is 2.36. The van der Waals surface area contributed by atoms with E-state index in [2.05, 4.69) is 38.2 Å². The zero-order chi connectivity index (χ0) is 15.7. The molecule has 1 fully saturated rings. The zero-order valence-electron chi connectivity index (χ0n) is 13.5. The Bertz CT molecular complexity index is 560. The minimum absolute atomic E-state index is 0.0337. The first-order valence-electron chi connectivity index (χ1n) is 7.69. The Kier molecular flexibility index (Phi) is 4.79. The van der Waals surface area contributed by atoms with E-state index in [1.165, 1.54) is 11.8 Å². The van der Waals surface area contributed by atoms with Gasteiger partial charge in [-0.05, 0) is 23.8 Å². The van der Waals surface area contributed by atoms with Gasteiger partial charge in [0.1, 0.15) is 0 Å². The fourth-order valence-corrected chi connectivity index (χ4v) is 4.74. The first kappa shape index (κ1) is 16.5. The Balaban J connectivity index is 2.24. The van der Waals surface area contributed by atoms with E-state index >= 15 is 0 Å². The second kappa shape index (κ2) is 6.09. The van der Waals surface area contributed by atoms with Gasteiger partial charge in [-0.1, -0.05) is 57.5 Å². The first-order valence-corrected chi connectivity index (χ1v) is 9.65. The largest absolute Gasteiger partial charge is 0.305 e. The summed E-state index contributed by atoms with van der Waals surface area (Å²) >= 11 is 0. The molecule has 3 atom stereocenters. The highest BCUT2D eigenvalue weighted by Gasteiger charge is 2.38. The molecule has 1 aliphatic rings. The predicted octanol–water partition coefficient (Wildman–Crippen LogP) is 3.33. The lowest BCUT2D eigenvalue weighted by Crippen LogP contribution is -2.45. The molecule has 3 unspecified atom stereocenters. The third-order valence-corrected chi connectivity index (χ3v) is 6.05. The minimum atomic E-state index is -2.99. The number of nitrogens with one attached hydrogen (secondary N) is 1. The molecule has 0 spiro atoms. The summed E-state index contributed by atoms with van der Waals surface area (Å²) in [5.74, 6) is 0. The van der Waals surface area contributed by atoms with Crippen LogP contribution in [0.4, 0.5) is 0 Å². The van der Waals surface area contributed by atoms with Gasteiger partial charge in [0.15, 0.2) is 9.84 Å². The Labute approximate surface area is 129 Å². The van der Waals surface area contributed by atoms with Crippen molar-refractivity contribution in [2.45, 2.75) is 57.4 Å². The molecule has 0 radical (unpaired) electrons. The molecule has 1 saturated carbocycles. The topological polar surface area (TPSA) is 46.2 Å². The molecule has 0 amide bonds. The zero-order valence-corrected chi connectivity index (χ0v) is 14.3. The molecular formula is C17H27NO2S. The van der Waals surface area contributed by atoms with Crippen molar-refractivity contribution < 1.29 is 8.42 Å². The summed E-state index contributed by atoms with van der Waals surface area (Å²) in [4.78, 5) is 0. The smallest absolute Gasteiger partial charge is 0.151 e. The maximum Gasteiger partial charge on any atom is 0.151 e. The van der Waals surface area contributed by atoms with Crippen LogP contribution in [0.15, 0.2) is 30.3 Å². The number of hydrogen-bond acceptors (Lipinski definition) is 3. The third-order valence-electron chi connectivity index (χ3n) is 4.38. The van der Waals surface area contributed by atoms with Crippen LogP contribution in [0, 0.1) is 5.41 Å². The summed E-state index contributed by atoms with van der Waals surface area (Å²) < 4.78 is 23.9. The van der Waals surface area contributed by atoms with Gasteiger partial charge < -0.3 is 5.32 Å². The monoisotopic (exact) mass is 309 g/mol. The Morgan fingerprint density at radius 2 is 1.76 bits per heavy atom. The van der Waals surface area contributed by atoms with Crippen LogP contribution in [0.2, 0.25) is 0 Å². The molecule has 1 aromatic rings. The fourth-order valence-electron chi connectivity index (χ4n) is 3.33. The van der Waals surface area contributed by atoms with Gasteiger partial charge in [0, 0.05) is 18.3 Å². The second-order valence-corrected chi connectivity index (χ2v) is 9.55. The molecule has 0 saturated heterocycles. The lowest BCUT2D eigenvalue weighted by molar-refractivity contribution is 0.249. The van der Waals surface area contributed by atoms with Crippen LogP contribution in [0.5, 0.6) is 0 Å². The summed E-state index contributed by atoms with van der Waals surface area (Å²) in [5, 5.41) is 3.41. The summed E-state index contributed by atoms with van der Waals surface area (Å²) in [6.45, 7) is 6.59. The van der Waals surface area contributed by atoms with E-state index in [4.69, 9.17) is 0 Å². The molecule has 2 rings (SSSR count). The second-order valence-electron chi connectivity index (χ2n) is 7.28. The molecule has 1 aliphatic carbocycles. The normalized spacial score (nSPS) is 25.0. The van der Waals surface area contributed by atoms with E-state index in [9.17, 15) is 8.42 Å². The summed E-state index contributed by atoms with van der Waals surface area (Å²) in [6.07, 6.45) is 4.08. The first-order chi connectivity index (χ1) is 9.69. The van der Waals surface area contributed by atoms with E-state index < -0.39 is 9.84 Å². The molecule has 0 heterocycles. The van der Waals surface area contributed by atoms with Crippen molar-refractivity contribution in [3.8, 4) is 0 Å². The number of rotatable bonds is 4. The van der Waals surface area contributed by atoms with Crippen molar-refractivity contribution in [2.75, 3.05) is 6.26 Å². The quantitative estimate of drug-likeness (QED) is 0.928. The standard InChI is InChI=1S/C17H27NO2S/c1-17(2,3)16(13-9-6-5-7-10-13)18-14-11-8-12-15(14)21(4,19)20/h5-7,9-10,14-16,18H,8,11-12H2,1-4H3. The molecule has 1 aromatic carbocycles. The van der Waals surface area contributed by atoms with Crippen LogP contribution < -0.4 is 5.32 Å². The van der Waals surface area contributed by atoms with Crippen LogP contribution in [0.1, 0.15) is 51.6 Å². The van der Waals surface area contributed by atoms with E-state index in [1.807, 2.05) is 18.2 Å². The molecule has 0 bridgehead atoms. The van der Waals surface area contributed by atoms with Gasteiger partial charge in [-0.25, -0.2) is 8.42 Å². The van der Waals surface area contributed by atoms with Crippen molar-refractivity contribution in [2.24, 2.45) is 5.41 Å². The van der Waals surface area contributed by atoms with Gasteiger partial charge in [-0.2, -0.15) is 0 Å². The lowest BCUT2D eigenvalue weighted by atomic mass is 9.82. The Morgan fingerprint density at radius 1 is 1.14 bits per heavy atom. The van der Waals surface area contributed by atoms with Gasteiger partial charge in [0.25, 0.3) is 0 Å². The van der Waals surface area contributed by atoms with E-state index in [1.54, 1.807) is 0 Å². The average Bonchev–Trinajstić information content (AvgIpc) is 2.83. The molecule has 0 aromatic heterocycles. The van der Waals surface area contributed by atoms with Gasteiger partial charge in [0.05, 0.1) is 5.25 Å². The summed E-state index contributed by atoms with van der Waals surface area (Å²) in [6, 6.07) is 10.5. The number of hydrogen-bond donors (Lipinski definition) is 1. The van der Waals surface area contributed by atoms with Crippen molar-refractivity contribution in [3.63, 3.8) is 0 Å². The SMILES string of the molecule is CC(C)(C)C(NC1CCCC1S(C)(=O)=O)c1ccccc1. The highest BCUT2D eigenvalue weighted by molar-refractivity contribution is 7.91.